The Morgan fingerprint density at radius 1 is 1.65 bits per heavy atom. The summed E-state index contributed by atoms with van der Waals surface area (Å²) >= 11 is 3.25. The van der Waals surface area contributed by atoms with Crippen LogP contribution in [0.2, 0.25) is 0 Å². The van der Waals surface area contributed by atoms with Crippen LogP contribution in [0.15, 0.2) is 22.7 Å². The highest BCUT2D eigenvalue weighted by Gasteiger charge is 2.13. The van der Waals surface area contributed by atoms with E-state index in [1.54, 1.807) is 18.2 Å². The highest BCUT2D eigenvalue weighted by atomic mass is 79.9. The second-order valence-electron chi connectivity index (χ2n) is 3.54. The number of rotatable bonds is 5. The van der Waals surface area contributed by atoms with E-state index in [1.165, 1.54) is 7.11 Å². The molecule has 1 aromatic carbocycles. The Labute approximate surface area is 108 Å². The van der Waals surface area contributed by atoms with E-state index in [9.17, 15) is 4.79 Å². The third-order valence-corrected chi connectivity index (χ3v) is 2.90. The SMILES string of the molecule is COCC(CO)NC(=O)c1ccc(Br)c(N)c1. The molecule has 0 aliphatic rings. The molecule has 0 spiro atoms. The standard InChI is InChI=1S/C11H15BrN2O3/c1-17-6-8(5-15)14-11(16)7-2-3-9(12)10(13)4-7/h2-4,8,15H,5-6,13H2,1H3,(H,14,16). The Morgan fingerprint density at radius 3 is 2.88 bits per heavy atom. The number of anilines is 1. The molecule has 4 N–H and O–H groups in total. The Balaban J connectivity index is 2.72. The first kappa shape index (κ1) is 14.0. The molecule has 0 aliphatic heterocycles. The fourth-order valence-electron chi connectivity index (χ4n) is 1.29. The number of aliphatic hydroxyl groups is 1. The largest absolute Gasteiger partial charge is 0.398 e. The van der Waals surface area contributed by atoms with Crippen LogP contribution in [0.25, 0.3) is 0 Å². The second-order valence-corrected chi connectivity index (χ2v) is 4.40. The van der Waals surface area contributed by atoms with Gasteiger partial charge in [-0.15, -0.1) is 0 Å². The average molecular weight is 303 g/mol. The van der Waals surface area contributed by atoms with Crippen molar-refractivity contribution in [3.8, 4) is 0 Å². The number of carbonyl (C=O) groups excluding carboxylic acids is 1. The molecule has 1 rings (SSSR count). The molecular weight excluding hydrogens is 288 g/mol. The van der Waals surface area contributed by atoms with Crippen LogP contribution in [-0.2, 0) is 4.74 Å². The number of hydrogen-bond donors (Lipinski definition) is 3. The molecule has 0 aliphatic carbocycles. The Bertz CT molecular complexity index is 398. The van der Waals surface area contributed by atoms with Gasteiger partial charge in [-0.1, -0.05) is 0 Å². The molecule has 1 atom stereocenters. The monoisotopic (exact) mass is 302 g/mol. The van der Waals surface area contributed by atoms with Crippen LogP contribution in [0.3, 0.4) is 0 Å². The fraction of sp³-hybridized carbons (Fsp3) is 0.364. The summed E-state index contributed by atoms with van der Waals surface area (Å²) in [4.78, 5) is 11.8. The van der Waals surface area contributed by atoms with Crippen LogP contribution >= 0.6 is 15.9 Å². The van der Waals surface area contributed by atoms with Crippen LogP contribution < -0.4 is 11.1 Å². The number of aliphatic hydroxyl groups excluding tert-OH is 1. The molecule has 0 saturated heterocycles. The van der Waals surface area contributed by atoms with Gasteiger partial charge in [0.05, 0.1) is 19.3 Å². The number of ether oxygens (including phenoxy) is 1. The molecular formula is C11H15BrN2O3. The van der Waals surface area contributed by atoms with Gasteiger partial charge in [0, 0.05) is 22.8 Å². The summed E-state index contributed by atoms with van der Waals surface area (Å²) in [5, 5.41) is 11.7. The Kier molecular flexibility index (Phi) is 5.40. The molecule has 0 bridgehead atoms. The van der Waals surface area contributed by atoms with Crippen molar-refractivity contribution in [2.45, 2.75) is 6.04 Å². The van der Waals surface area contributed by atoms with E-state index in [0.29, 0.717) is 11.3 Å². The number of hydrogen-bond acceptors (Lipinski definition) is 4. The van der Waals surface area contributed by atoms with Gasteiger partial charge < -0.3 is 20.9 Å². The van der Waals surface area contributed by atoms with Gasteiger partial charge in [-0.05, 0) is 34.1 Å². The molecule has 5 nitrogen and oxygen atoms in total. The molecule has 0 saturated carbocycles. The summed E-state index contributed by atoms with van der Waals surface area (Å²) in [5.41, 5.74) is 6.61. The molecule has 1 unspecified atom stereocenters. The van der Waals surface area contributed by atoms with Crippen LogP contribution in [0, 0.1) is 0 Å². The van der Waals surface area contributed by atoms with Gasteiger partial charge in [-0.2, -0.15) is 0 Å². The van der Waals surface area contributed by atoms with Gasteiger partial charge in [0.15, 0.2) is 0 Å². The van der Waals surface area contributed by atoms with E-state index in [1.807, 2.05) is 0 Å². The lowest BCUT2D eigenvalue weighted by Crippen LogP contribution is -2.40. The van der Waals surface area contributed by atoms with E-state index >= 15 is 0 Å². The van der Waals surface area contributed by atoms with E-state index in [4.69, 9.17) is 15.6 Å². The van der Waals surface area contributed by atoms with Crippen molar-refractivity contribution < 1.29 is 14.6 Å². The minimum absolute atomic E-state index is 0.175. The first-order valence-electron chi connectivity index (χ1n) is 5.04. The van der Waals surface area contributed by atoms with E-state index in [0.717, 1.165) is 4.47 Å². The number of nitrogens with two attached hydrogens (primary N) is 1. The lowest BCUT2D eigenvalue weighted by molar-refractivity contribution is 0.0839. The molecule has 6 heteroatoms. The summed E-state index contributed by atoms with van der Waals surface area (Å²) in [6.07, 6.45) is 0. The lowest BCUT2D eigenvalue weighted by atomic mass is 10.2. The normalized spacial score (nSPS) is 12.2. The van der Waals surface area contributed by atoms with Crippen molar-refractivity contribution in [1.29, 1.82) is 0 Å². The van der Waals surface area contributed by atoms with Crippen molar-refractivity contribution in [3.05, 3.63) is 28.2 Å². The van der Waals surface area contributed by atoms with Gasteiger partial charge >= 0.3 is 0 Å². The predicted octanol–water partition coefficient (Wildman–Crippen LogP) is 0.768. The maximum absolute atomic E-state index is 11.8. The van der Waals surface area contributed by atoms with Gasteiger partial charge in [-0.3, -0.25) is 4.79 Å². The van der Waals surface area contributed by atoms with E-state index in [-0.39, 0.29) is 19.1 Å². The van der Waals surface area contributed by atoms with Gasteiger partial charge in [-0.25, -0.2) is 0 Å². The number of methoxy groups -OCH3 is 1. The van der Waals surface area contributed by atoms with Crippen molar-refractivity contribution >= 4 is 27.5 Å². The molecule has 17 heavy (non-hydrogen) atoms. The van der Waals surface area contributed by atoms with Crippen molar-refractivity contribution in [2.24, 2.45) is 0 Å². The summed E-state index contributed by atoms with van der Waals surface area (Å²) < 4.78 is 5.61. The number of carbonyl (C=O) groups is 1. The number of nitrogens with one attached hydrogen (secondary N) is 1. The number of halogens is 1. The van der Waals surface area contributed by atoms with Crippen molar-refractivity contribution in [1.82, 2.24) is 5.32 Å². The summed E-state index contributed by atoms with van der Waals surface area (Å²) in [7, 11) is 1.51. The molecule has 0 aromatic heterocycles. The third kappa shape index (κ3) is 3.99. The summed E-state index contributed by atoms with van der Waals surface area (Å²) in [6, 6.07) is 4.50. The molecule has 94 valence electrons. The first-order valence-corrected chi connectivity index (χ1v) is 5.83. The van der Waals surface area contributed by atoms with Gasteiger partial charge in [0.1, 0.15) is 0 Å². The van der Waals surface area contributed by atoms with Crippen LogP contribution in [0.1, 0.15) is 10.4 Å². The minimum atomic E-state index is -0.419. The molecule has 0 heterocycles. The quantitative estimate of drug-likeness (QED) is 0.701. The van der Waals surface area contributed by atoms with E-state index < -0.39 is 6.04 Å². The summed E-state index contributed by atoms with van der Waals surface area (Å²) in [6.45, 7) is 0.0832. The van der Waals surface area contributed by atoms with Gasteiger partial charge in [0.2, 0.25) is 0 Å². The average Bonchev–Trinajstić information content (AvgIpc) is 2.31. The molecule has 1 aromatic rings. The number of amides is 1. The zero-order valence-corrected chi connectivity index (χ0v) is 11.0. The zero-order valence-electron chi connectivity index (χ0n) is 9.44. The minimum Gasteiger partial charge on any atom is -0.398 e. The molecule has 0 fully saturated rings. The number of nitrogen functional groups attached to an aromatic ring is 1. The Hall–Kier alpha value is -1.11. The first-order chi connectivity index (χ1) is 8.08. The second kappa shape index (κ2) is 6.58. The van der Waals surface area contributed by atoms with Crippen molar-refractivity contribution in [2.75, 3.05) is 26.1 Å². The highest BCUT2D eigenvalue weighted by molar-refractivity contribution is 9.10. The zero-order chi connectivity index (χ0) is 12.8. The number of benzene rings is 1. The highest BCUT2D eigenvalue weighted by Crippen LogP contribution is 2.20. The topological polar surface area (TPSA) is 84.6 Å². The maximum atomic E-state index is 11.8. The van der Waals surface area contributed by atoms with Crippen LogP contribution in [-0.4, -0.2) is 37.4 Å². The Morgan fingerprint density at radius 2 is 2.35 bits per heavy atom. The van der Waals surface area contributed by atoms with Crippen molar-refractivity contribution in [3.63, 3.8) is 0 Å². The molecule has 0 radical (unpaired) electrons. The smallest absolute Gasteiger partial charge is 0.251 e. The van der Waals surface area contributed by atoms with E-state index in [2.05, 4.69) is 21.2 Å². The maximum Gasteiger partial charge on any atom is 0.251 e. The van der Waals surface area contributed by atoms with Crippen LogP contribution in [0.5, 0.6) is 0 Å². The summed E-state index contributed by atoms with van der Waals surface area (Å²) in [5.74, 6) is -0.291. The fourth-order valence-corrected chi connectivity index (χ4v) is 1.54. The van der Waals surface area contributed by atoms with Gasteiger partial charge in [0.25, 0.3) is 5.91 Å². The molecule has 1 amide bonds. The predicted molar refractivity (Wildman–Crippen MR) is 68.8 cm³/mol. The van der Waals surface area contributed by atoms with Crippen LogP contribution in [0.4, 0.5) is 5.69 Å². The third-order valence-electron chi connectivity index (χ3n) is 2.18. The lowest BCUT2D eigenvalue weighted by Gasteiger charge is -2.15.